The van der Waals surface area contributed by atoms with Gasteiger partial charge in [0.15, 0.2) is 0 Å². The van der Waals surface area contributed by atoms with Crippen molar-refractivity contribution in [3.05, 3.63) is 60.7 Å². The van der Waals surface area contributed by atoms with Gasteiger partial charge in [0, 0.05) is 0 Å². The predicted octanol–water partition coefficient (Wildman–Crippen LogP) is 3.47. The third kappa shape index (κ3) is 8.91. The van der Waals surface area contributed by atoms with Crippen LogP contribution in [0.3, 0.4) is 0 Å². The highest BCUT2D eigenvalue weighted by Gasteiger charge is 2.04. The van der Waals surface area contributed by atoms with Crippen molar-refractivity contribution in [1.82, 2.24) is 0 Å². The van der Waals surface area contributed by atoms with Crippen LogP contribution in [0.25, 0.3) is 0 Å². The fraction of sp³-hybridized carbons (Fsp3) is 0.143. The zero-order valence-electron chi connectivity index (χ0n) is 10.6. The van der Waals surface area contributed by atoms with E-state index in [0.717, 1.165) is 0 Å². The Labute approximate surface area is 107 Å². The summed E-state index contributed by atoms with van der Waals surface area (Å²) in [7, 11) is 0. The molecule has 1 aromatic carbocycles. The summed E-state index contributed by atoms with van der Waals surface area (Å²) < 4.78 is 0. The number of carbonyl (C=O) groups is 2. The zero-order chi connectivity index (χ0) is 14.6. The van der Waals surface area contributed by atoms with Crippen LogP contribution in [0.5, 0.6) is 0 Å². The Bertz CT molecular complexity index is 352. The average Bonchev–Trinajstić information content (AvgIpc) is 2.31. The van der Waals surface area contributed by atoms with Crippen LogP contribution in [0.15, 0.2) is 49.6 Å². The maximum absolute atomic E-state index is 10.3. The standard InChI is InChI=1S/C8H6O4.2C3H6/c9-7(10)5-1-2-6(4-3-5)8(11)12;2*1-3-2/h1-4H,(H,9,10)(H,11,12);2*3H,1H2,2H3. The molecule has 0 aliphatic rings. The second kappa shape index (κ2) is 11.1. The van der Waals surface area contributed by atoms with Gasteiger partial charge in [0.05, 0.1) is 11.1 Å². The monoisotopic (exact) mass is 250 g/mol. The highest BCUT2D eigenvalue weighted by Crippen LogP contribution is 2.03. The summed E-state index contributed by atoms with van der Waals surface area (Å²) in [5.74, 6) is -2.13. The van der Waals surface area contributed by atoms with E-state index in [2.05, 4.69) is 13.2 Å². The molecule has 0 aliphatic carbocycles. The lowest BCUT2D eigenvalue weighted by atomic mass is 10.1. The molecule has 0 unspecified atom stereocenters. The summed E-state index contributed by atoms with van der Waals surface area (Å²) in [5, 5.41) is 16.9. The van der Waals surface area contributed by atoms with Crippen LogP contribution >= 0.6 is 0 Å². The quantitative estimate of drug-likeness (QED) is 0.788. The fourth-order valence-electron chi connectivity index (χ4n) is 0.755. The largest absolute Gasteiger partial charge is 0.478 e. The molecule has 0 saturated carbocycles. The lowest BCUT2D eigenvalue weighted by molar-refractivity contribution is 0.0681. The molecule has 0 spiro atoms. The topological polar surface area (TPSA) is 74.6 Å². The van der Waals surface area contributed by atoms with Gasteiger partial charge >= 0.3 is 11.9 Å². The molecule has 0 fully saturated rings. The first-order valence-corrected chi connectivity index (χ1v) is 5.15. The first kappa shape index (κ1) is 18.0. The number of allylic oxidation sites excluding steroid dienone is 2. The normalized spacial score (nSPS) is 7.67. The molecule has 0 aromatic heterocycles. The average molecular weight is 250 g/mol. The van der Waals surface area contributed by atoms with Crippen molar-refractivity contribution < 1.29 is 19.8 Å². The molecule has 0 saturated heterocycles. The first-order chi connectivity index (χ1) is 8.44. The van der Waals surface area contributed by atoms with Gasteiger partial charge in [-0.05, 0) is 38.1 Å². The smallest absolute Gasteiger partial charge is 0.335 e. The maximum atomic E-state index is 10.3. The van der Waals surface area contributed by atoms with Gasteiger partial charge in [0.1, 0.15) is 0 Å². The van der Waals surface area contributed by atoms with Crippen LogP contribution in [0.2, 0.25) is 0 Å². The van der Waals surface area contributed by atoms with Crippen molar-refractivity contribution in [3.8, 4) is 0 Å². The van der Waals surface area contributed by atoms with E-state index in [1.54, 1.807) is 12.2 Å². The van der Waals surface area contributed by atoms with Crippen LogP contribution in [-0.2, 0) is 0 Å². The van der Waals surface area contributed by atoms with Gasteiger partial charge in [0.2, 0.25) is 0 Å². The summed E-state index contributed by atoms with van der Waals surface area (Å²) in [4.78, 5) is 20.7. The van der Waals surface area contributed by atoms with E-state index in [4.69, 9.17) is 10.2 Å². The van der Waals surface area contributed by atoms with Crippen LogP contribution in [0.4, 0.5) is 0 Å². The van der Waals surface area contributed by atoms with Crippen LogP contribution in [0, 0.1) is 0 Å². The molecular formula is C14H18O4. The van der Waals surface area contributed by atoms with Crippen molar-refractivity contribution >= 4 is 11.9 Å². The van der Waals surface area contributed by atoms with Gasteiger partial charge in [-0.3, -0.25) is 0 Å². The van der Waals surface area contributed by atoms with Crippen molar-refractivity contribution in [2.75, 3.05) is 0 Å². The molecule has 0 radical (unpaired) electrons. The van der Waals surface area contributed by atoms with E-state index in [1.165, 1.54) is 24.3 Å². The maximum Gasteiger partial charge on any atom is 0.335 e. The summed E-state index contributed by atoms with van der Waals surface area (Å²) in [6.45, 7) is 10.5. The Balaban J connectivity index is 0. The Hall–Kier alpha value is -2.36. The van der Waals surface area contributed by atoms with Crippen molar-refractivity contribution in [2.45, 2.75) is 13.8 Å². The number of aromatic carboxylic acids is 2. The third-order valence-electron chi connectivity index (χ3n) is 1.38. The molecule has 0 heterocycles. The van der Waals surface area contributed by atoms with Crippen molar-refractivity contribution in [3.63, 3.8) is 0 Å². The van der Waals surface area contributed by atoms with Crippen LogP contribution in [0.1, 0.15) is 34.6 Å². The highest BCUT2D eigenvalue weighted by molar-refractivity contribution is 5.91. The van der Waals surface area contributed by atoms with Gasteiger partial charge in [0.25, 0.3) is 0 Å². The highest BCUT2D eigenvalue weighted by atomic mass is 16.4. The number of hydrogen-bond donors (Lipinski definition) is 2. The molecule has 0 amide bonds. The van der Waals surface area contributed by atoms with E-state index >= 15 is 0 Å². The van der Waals surface area contributed by atoms with Gasteiger partial charge in [-0.25, -0.2) is 9.59 Å². The van der Waals surface area contributed by atoms with Gasteiger partial charge < -0.3 is 10.2 Å². The summed E-state index contributed by atoms with van der Waals surface area (Å²) in [5.41, 5.74) is 0.167. The minimum absolute atomic E-state index is 0.0833. The Morgan fingerprint density at radius 1 is 0.889 bits per heavy atom. The van der Waals surface area contributed by atoms with E-state index in [1.807, 2.05) is 13.8 Å². The summed E-state index contributed by atoms with van der Waals surface area (Å²) in [6, 6.07) is 5.02. The van der Waals surface area contributed by atoms with Gasteiger partial charge in [-0.1, -0.05) is 12.2 Å². The molecule has 4 heteroatoms. The number of carboxylic acid groups (broad SMARTS) is 2. The third-order valence-corrected chi connectivity index (χ3v) is 1.38. The Morgan fingerprint density at radius 2 is 1.06 bits per heavy atom. The van der Waals surface area contributed by atoms with Crippen molar-refractivity contribution in [2.24, 2.45) is 0 Å². The van der Waals surface area contributed by atoms with E-state index in [0.29, 0.717) is 0 Å². The number of rotatable bonds is 2. The molecule has 4 nitrogen and oxygen atoms in total. The van der Waals surface area contributed by atoms with Gasteiger partial charge in [-0.2, -0.15) is 0 Å². The van der Waals surface area contributed by atoms with E-state index < -0.39 is 11.9 Å². The Kier molecular flexibility index (Phi) is 11.1. The number of carboxylic acids is 2. The second-order valence-corrected chi connectivity index (χ2v) is 3.00. The fourth-order valence-corrected chi connectivity index (χ4v) is 0.755. The van der Waals surface area contributed by atoms with Crippen molar-refractivity contribution in [1.29, 1.82) is 0 Å². The molecule has 0 bridgehead atoms. The first-order valence-electron chi connectivity index (χ1n) is 5.15. The number of benzene rings is 1. The second-order valence-electron chi connectivity index (χ2n) is 3.00. The summed E-state index contributed by atoms with van der Waals surface area (Å²) in [6.07, 6.45) is 3.50. The predicted molar refractivity (Wildman–Crippen MR) is 72.1 cm³/mol. The lowest BCUT2D eigenvalue weighted by Crippen LogP contribution is -1.99. The molecule has 98 valence electrons. The molecule has 0 aliphatic heterocycles. The molecule has 18 heavy (non-hydrogen) atoms. The SMILES string of the molecule is C=CC.C=CC.O=C(O)c1ccc(C(=O)O)cc1. The molecule has 1 rings (SSSR count). The minimum Gasteiger partial charge on any atom is -0.478 e. The number of hydrogen-bond acceptors (Lipinski definition) is 2. The lowest BCUT2D eigenvalue weighted by Gasteiger charge is -1.94. The van der Waals surface area contributed by atoms with Crippen LogP contribution < -0.4 is 0 Å². The molecule has 1 aromatic rings. The van der Waals surface area contributed by atoms with Gasteiger partial charge in [-0.15, -0.1) is 13.2 Å². The zero-order valence-corrected chi connectivity index (χ0v) is 10.6. The molecular weight excluding hydrogens is 232 g/mol. The summed E-state index contributed by atoms with van der Waals surface area (Å²) >= 11 is 0. The molecule has 2 N–H and O–H groups in total. The van der Waals surface area contributed by atoms with E-state index in [9.17, 15) is 9.59 Å². The Morgan fingerprint density at radius 3 is 1.17 bits per heavy atom. The van der Waals surface area contributed by atoms with E-state index in [-0.39, 0.29) is 11.1 Å². The minimum atomic E-state index is -1.06. The van der Waals surface area contributed by atoms with Crippen LogP contribution in [-0.4, -0.2) is 22.2 Å². The molecule has 0 atom stereocenters.